The molecule has 0 spiro atoms. The molecule has 0 saturated heterocycles. The third-order valence-electron chi connectivity index (χ3n) is 3.29. The van der Waals surface area contributed by atoms with E-state index in [1.54, 1.807) is 30.0 Å². The number of benzene rings is 2. The van der Waals surface area contributed by atoms with Crippen LogP contribution in [-0.2, 0) is 11.3 Å². The molecule has 2 rings (SSSR count). The van der Waals surface area contributed by atoms with Crippen LogP contribution in [0.2, 0.25) is 0 Å². The number of carbonyl (C=O) groups is 1. The number of para-hydroxylation sites is 1. The van der Waals surface area contributed by atoms with Crippen molar-refractivity contribution in [2.45, 2.75) is 11.4 Å². The van der Waals surface area contributed by atoms with Crippen LogP contribution in [0.4, 0.5) is 10.1 Å². The van der Waals surface area contributed by atoms with Crippen LogP contribution < -0.4 is 10.2 Å². The van der Waals surface area contributed by atoms with E-state index in [1.165, 1.54) is 6.07 Å². The van der Waals surface area contributed by atoms with Gasteiger partial charge in [0.2, 0.25) is 0 Å². The van der Waals surface area contributed by atoms with E-state index in [0.29, 0.717) is 12.1 Å². The van der Waals surface area contributed by atoms with Crippen molar-refractivity contribution in [3.05, 3.63) is 59.9 Å². The lowest BCUT2D eigenvalue weighted by atomic mass is 10.2. The Hall–Kier alpha value is -1.85. The molecule has 0 aliphatic heterocycles. The molecule has 1 amide bonds. The van der Waals surface area contributed by atoms with Gasteiger partial charge in [-0.3, -0.25) is 4.79 Å². The second-order valence-corrected chi connectivity index (χ2v) is 6.00. The van der Waals surface area contributed by atoms with Gasteiger partial charge >= 0.3 is 0 Å². The Balaban J connectivity index is 1.93. The lowest BCUT2D eigenvalue weighted by Crippen LogP contribution is -3.08. The molecule has 1 atom stereocenters. The number of rotatable bonds is 6. The standard InChI is InChI=1S/C17H19FN2OS/c1-20(11-13-7-3-4-8-14(13)18)12-17(21)19-15-9-5-6-10-16(15)22-2/h3-10H,11-12H2,1-2H3,(H,19,21)/p+1. The maximum atomic E-state index is 13.6. The Morgan fingerprint density at radius 3 is 2.59 bits per heavy atom. The van der Waals surface area contributed by atoms with Crippen molar-refractivity contribution >= 4 is 23.4 Å². The summed E-state index contributed by atoms with van der Waals surface area (Å²) in [5.41, 5.74) is 1.44. The molecule has 116 valence electrons. The van der Waals surface area contributed by atoms with E-state index in [2.05, 4.69) is 5.32 Å². The zero-order valence-corrected chi connectivity index (χ0v) is 13.5. The first kappa shape index (κ1) is 16.5. The van der Waals surface area contributed by atoms with Crippen LogP contribution in [0.15, 0.2) is 53.4 Å². The Morgan fingerprint density at radius 1 is 1.18 bits per heavy atom. The topological polar surface area (TPSA) is 33.5 Å². The van der Waals surface area contributed by atoms with Crippen molar-refractivity contribution in [3.63, 3.8) is 0 Å². The van der Waals surface area contributed by atoms with Crippen LogP contribution in [0, 0.1) is 5.82 Å². The Kier molecular flexibility index (Phi) is 5.98. The van der Waals surface area contributed by atoms with Gasteiger partial charge in [0.1, 0.15) is 12.4 Å². The molecular formula is C17H20FN2OS+. The van der Waals surface area contributed by atoms with E-state index in [0.717, 1.165) is 15.5 Å². The molecular weight excluding hydrogens is 299 g/mol. The summed E-state index contributed by atoms with van der Waals surface area (Å²) in [4.78, 5) is 14.1. The molecule has 1 unspecified atom stereocenters. The second kappa shape index (κ2) is 7.96. The van der Waals surface area contributed by atoms with Gasteiger partial charge in [0.25, 0.3) is 5.91 Å². The van der Waals surface area contributed by atoms with E-state index < -0.39 is 0 Å². The van der Waals surface area contributed by atoms with Crippen LogP contribution in [0.25, 0.3) is 0 Å². The first-order chi connectivity index (χ1) is 10.6. The van der Waals surface area contributed by atoms with Crippen LogP contribution in [0.3, 0.4) is 0 Å². The number of quaternary nitrogens is 1. The quantitative estimate of drug-likeness (QED) is 0.801. The summed E-state index contributed by atoms with van der Waals surface area (Å²) in [5, 5.41) is 2.92. The van der Waals surface area contributed by atoms with Gasteiger partial charge in [-0.05, 0) is 24.5 Å². The van der Waals surface area contributed by atoms with Gasteiger partial charge in [0.15, 0.2) is 6.54 Å². The van der Waals surface area contributed by atoms with Gasteiger partial charge in [-0.15, -0.1) is 11.8 Å². The molecule has 0 radical (unpaired) electrons. The highest BCUT2D eigenvalue weighted by Gasteiger charge is 2.13. The number of carbonyl (C=O) groups excluding carboxylic acids is 1. The smallest absolute Gasteiger partial charge is 0.279 e. The van der Waals surface area contributed by atoms with Gasteiger partial charge in [-0.1, -0.05) is 30.3 Å². The lowest BCUT2D eigenvalue weighted by molar-refractivity contribution is -0.885. The first-order valence-corrected chi connectivity index (χ1v) is 8.30. The van der Waals surface area contributed by atoms with Crippen molar-refractivity contribution in [1.29, 1.82) is 0 Å². The number of amides is 1. The average molecular weight is 319 g/mol. The molecule has 2 N–H and O–H groups in total. The normalized spacial score (nSPS) is 12.0. The van der Waals surface area contributed by atoms with Gasteiger partial charge in [-0.25, -0.2) is 4.39 Å². The average Bonchev–Trinajstić information content (AvgIpc) is 2.50. The molecule has 2 aromatic carbocycles. The highest BCUT2D eigenvalue weighted by Crippen LogP contribution is 2.24. The van der Waals surface area contributed by atoms with Gasteiger partial charge in [0.05, 0.1) is 12.7 Å². The summed E-state index contributed by atoms with van der Waals surface area (Å²) in [6.45, 7) is 0.765. The van der Waals surface area contributed by atoms with Crippen molar-refractivity contribution in [1.82, 2.24) is 0 Å². The molecule has 0 aliphatic carbocycles. The fourth-order valence-electron chi connectivity index (χ4n) is 2.25. The van der Waals surface area contributed by atoms with E-state index in [1.807, 2.05) is 37.6 Å². The minimum Gasteiger partial charge on any atom is -0.326 e. The third kappa shape index (κ3) is 4.58. The number of hydrogen-bond acceptors (Lipinski definition) is 2. The van der Waals surface area contributed by atoms with E-state index in [4.69, 9.17) is 0 Å². The van der Waals surface area contributed by atoms with E-state index >= 15 is 0 Å². The maximum Gasteiger partial charge on any atom is 0.279 e. The summed E-state index contributed by atoms with van der Waals surface area (Å²) >= 11 is 1.59. The van der Waals surface area contributed by atoms with Crippen LogP contribution in [0.5, 0.6) is 0 Å². The number of thioether (sulfide) groups is 1. The summed E-state index contributed by atoms with van der Waals surface area (Å²) in [6.07, 6.45) is 1.97. The SMILES string of the molecule is CSc1ccccc1NC(=O)C[NH+](C)Cc1ccccc1F. The Bertz CT molecular complexity index is 648. The number of likely N-dealkylation sites (N-methyl/N-ethyl adjacent to an activating group) is 1. The number of halogens is 1. The van der Waals surface area contributed by atoms with Crippen molar-refractivity contribution in [3.8, 4) is 0 Å². The summed E-state index contributed by atoms with van der Waals surface area (Å²) in [6, 6.07) is 14.4. The molecule has 5 heteroatoms. The third-order valence-corrected chi connectivity index (χ3v) is 4.09. The predicted molar refractivity (Wildman–Crippen MR) is 88.7 cm³/mol. The summed E-state index contributed by atoms with van der Waals surface area (Å²) in [5.74, 6) is -0.301. The number of hydrogen-bond donors (Lipinski definition) is 2. The summed E-state index contributed by atoms with van der Waals surface area (Å²) in [7, 11) is 1.88. The van der Waals surface area contributed by atoms with Crippen LogP contribution in [-0.4, -0.2) is 25.8 Å². The second-order valence-electron chi connectivity index (χ2n) is 5.15. The largest absolute Gasteiger partial charge is 0.326 e. The minimum absolute atomic E-state index is 0.0738. The Morgan fingerprint density at radius 2 is 1.86 bits per heavy atom. The minimum atomic E-state index is -0.227. The molecule has 22 heavy (non-hydrogen) atoms. The zero-order chi connectivity index (χ0) is 15.9. The van der Waals surface area contributed by atoms with Gasteiger partial charge in [-0.2, -0.15) is 0 Å². The predicted octanol–water partition coefficient (Wildman–Crippen LogP) is 2.20. The fourth-order valence-corrected chi connectivity index (χ4v) is 2.80. The summed E-state index contributed by atoms with van der Waals surface area (Å²) < 4.78 is 13.6. The zero-order valence-electron chi connectivity index (χ0n) is 12.7. The molecule has 2 aromatic rings. The molecule has 0 heterocycles. The highest BCUT2D eigenvalue weighted by atomic mass is 32.2. The van der Waals surface area contributed by atoms with E-state index in [-0.39, 0.29) is 18.3 Å². The van der Waals surface area contributed by atoms with E-state index in [9.17, 15) is 9.18 Å². The van der Waals surface area contributed by atoms with Crippen molar-refractivity contribution in [2.24, 2.45) is 0 Å². The first-order valence-electron chi connectivity index (χ1n) is 7.07. The Labute approximate surface area is 134 Å². The monoisotopic (exact) mass is 319 g/mol. The number of nitrogens with one attached hydrogen (secondary N) is 2. The molecule has 0 saturated carbocycles. The molecule has 0 bridgehead atoms. The molecule has 0 aliphatic rings. The molecule has 0 aromatic heterocycles. The highest BCUT2D eigenvalue weighted by molar-refractivity contribution is 7.98. The lowest BCUT2D eigenvalue weighted by Gasteiger charge is -2.15. The van der Waals surface area contributed by atoms with Crippen molar-refractivity contribution < 1.29 is 14.1 Å². The van der Waals surface area contributed by atoms with Crippen LogP contribution in [0.1, 0.15) is 5.56 Å². The maximum absolute atomic E-state index is 13.6. The fraction of sp³-hybridized carbons (Fsp3) is 0.235. The molecule has 3 nitrogen and oxygen atoms in total. The van der Waals surface area contributed by atoms with Crippen LogP contribution >= 0.6 is 11.8 Å². The van der Waals surface area contributed by atoms with Crippen molar-refractivity contribution in [2.75, 3.05) is 25.2 Å². The van der Waals surface area contributed by atoms with Gasteiger partial charge in [0, 0.05) is 10.5 Å². The van der Waals surface area contributed by atoms with Gasteiger partial charge < -0.3 is 10.2 Å². The number of anilines is 1. The molecule has 0 fully saturated rings.